The molecule has 0 saturated heterocycles. The molecular formula is C13H14O3. The minimum absolute atomic E-state index is 0.00708. The second-order valence-corrected chi connectivity index (χ2v) is 4.79. The summed E-state index contributed by atoms with van der Waals surface area (Å²) in [5.74, 6) is 0.392. The second-order valence-electron chi connectivity index (χ2n) is 4.79. The summed E-state index contributed by atoms with van der Waals surface area (Å²) in [5, 5.41) is 0. The fourth-order valence-corrected chi connectivity index (χ4v) is 2.50. The Morgan fingerprint density at radius 3 is 3.00 bits per heavy atom. The Labute approximate surface area is 94.4 Å². The van der Waals surface area contributed by atoms with Crippen molar-refractivity contribution in [3.63, 3.8) is 0 Å². The number of Topliss-reactive ketones (excluding diaryl/α,β-unsaturated/α-hetero) is 1. The molecule has 3 heteroatoms. The van der Waals surface area contributed by atoms with E-state index >= 15 is 0 Å². The third-order valence-electron chi connectivity index (χ3n) is 3.10. The summed E-state index contributed by atoms with van der Waals surface area (Å²) in [6.07, 6.45) is 1.33. The van der Waals surface area contributed by atoms with Crippen molar-refractivity contribution in [3.8, 4) is 5.75 Å². The first-order chi connectivity index (χ1) is 7.57. The first-order valence-corrected chi connectivity index (χ1v) is 5.60. The van der Waals surface area contributed by atoms with Crippen molar-refractivity contribution < 1.29 is 14.3 Å². The van der Waals surface area contributed by atoms with Crippen molar-refractivity contribution in [2.45, 2.75) is 38.6 Å². The van der Waals surface area contributed by atoms with Gasteiger partial charge in [0, 0.05) is 31.4 Å². The highest BCUT2D eigenvalue weighted by Gasteiger charge is 2.39. The van der Waals surface area contributed by atoms with Gasteiger partial charge in [-0.2, -0.15) is 0 Å². The molecule has 0 fully saturated rings. The molecule has 0 aromatic heterocycles. The highest BCUT2D eigenvalue weighted by molar-refractivity contribution is 5.99. The zero-order valence-electron chi connectivity index (χ0n) is 9.45. The maximum absolute atomic E-state index is 11.8. The molecule has 3 nitrogen and oxygen atoms in total. The molecule has 0 saturated carbocycles. The average molecular weight is 218 g/mol. The molecule has 0 spiro atoms. The van der Waals surface area contributed by atoms with Crippen molar-refractivity contribution in [1.82, 2.24) is 0 Å². The van der Waals surface area contributed by atoms with Gasteiger partial charge in [0.25, 0.3) is 0 Å². The van der Waals surface area contributed by atoms with Crippen LogP contribution in [0.4, 0.5) is 0 Å². The van der Waals surface area contributed by atoms with Gasteiger partial charge in [-0.1, -0.05) is 12.1 Å². The number of hydrogen-bond donors (Lipinski definition) is 0. The first-order valence-electron chi connectivity index (χ1n) is 5.60. The predicted molar refractivity (Wildman–Crippen MR) is 58.5 cm³/mol. The molecule has 0 bridgehead atoms. The fourth-order valence-electron chi connectivity index (χ4n) is 2.50. The lowest BCUT2D eigenvalue weighted by Gasteiger charge is -2.40. The normalized spacial score (nSPS) is 25.9. The third kappa shape index (κ3) is 1.35. The van der Waals surface area contributed by atoms with E-state index in [1.165, 1.54) is 0 Å². The van der Waals surface area contributed by atoms with Crippen molar-refractivity contribution in [3.05, 3.63) is 29.3 Å². The van der Waals surface area contributed by atoms with E-state index in [1.807, 2.05) is 32.0 Å². The lowest BCUT2D eigenvalue weighted by atomic mass is 9.87. The predicted octanol–water partition coefficient (Wildman–Crippen LogP) is 2.85. The Hall–Kier alpha value is -1.35. The monoisotopic (exact) mass is 218 g/mol. The van der Waals surface area contributed by atoms with Gasteiger partial charge in [-0.05, 0) is 12.5 Å². The van der Waals surface area contributed by atoms with Gasteiger partial charge in [0.1, 0.15) is 5.75 Å². The van der Waals surface area contributed by atoms with Crippen LogP contribution in [0.15, 0.2) is 18.2 Å². The average Bonchev–Trinajstić information content (AvgIpc) is 2.21. The molecule has 3 rings (SSSR count). The molecule has 1 aromatic carbocycles. The Kier molecular flexibility index (Phi) is 1.89. The van der Waals surface area contributed by atoms with Gasteiger partial charge >= 0.3 is 0 Å². The van der Waals surface area contributed by atoms with Crippen LogP contribution in [0.2, 0.25) is 0 Å². The van der Waals surface area contributed by atoms with Crippen molar-refractivity contribution in [2.24, 2.45) is 0 Å². The molecule has 1 aromatic rings. The summed E-state index contributed by atoms with van der Waals surface area (Å²) in [6, 6.07) is 5.64. The zero-order valence-corrected chi connectivity index (χ0v) is 9.45. The van der Waals surface area contributed by atoms with Crippen LogP contribution >= 0.6 is 0 Å². The van der Waals surface area contributed by atoms with Gasteiger partial charge in [-0.15, -0.1) is 0 Å². The summed E-state index contributed by atoms with van der Waals surface area (Å²) in [6.45, 7) is 3.80. The lowest BCUT2D eigenvalue weighted by Crippen LogP contribution is -2.39. The molecule has 0 unspecified atom stereocenters. The Balaban J connectivity index is 2.19. The van der Waals surface area contributed by atoms with Gasteiger partial charge in [0.15, 0.2) is 5.78 Å². The standard InChI is InChI=1S/C13H14O3/c1-13(2)15-10-5-3-4-8-9(14)6-7-11(16-13)12(8)10/h3-5,11H,6-7H2,1-2H3/t11-/m0/s1. The second kappa shape index (κ2) is 3.08. The smallest absolute Gasteiger partial charge is 0.205 e. The summed E-state index contributed by atoms with van der Waals surface area (Å²) in [5.41, 5.74) is 1.71. The number of hydrogen-bond acceptors (Lipinski definition) is 3. The van der Waals surface area contributed by atoms with Crippen LogP contribution in [0.1, 0.15) is 48.7 Å². The molecule has 1 aliphatic heterocycles. The molecule has 16 heavy (non-hydrogen) atoms. The molecule has 1 atom stereocenters. The molecular weight excluding hydrogens is 204 g/mol. The van der Waals surface area contributed by atoms with E-state index in [2.05, 4.69) is 0 Å². The first kappa shape index (κ1) is 9.85. The third-order valence-corrected chi connectivity index (χ3v) is 3.10. The summed E-state index contributed by atoms with van der Waals surface area (Å²) >= 11 is 0. The summed E-state index contributed by atoms with van der Waals surface area (Å²) < 4.78 is 11.6. The van der Waals surface area contributed by atoms with Crippen molar-refractivity contribution >= 4 is 5.78 Å². The van der Waals surface area contributed by atoms with Crippen LogP contribution in [0.25, 0.3) is 0 Å². The van der Waals surface area contributed by atoms with Crippen LogP contribution < -0.4 is 4.74 Å². The van der Waals surface area contributed by atoms with E-state index in [9.17, 15) is 4.79 Å². The topological polar surface area (TPSA) is 35.5 Å². The molecule has 2 aliphatic rings. The van der Waals surface area contributed by atoms with Crippen molar-refractivity contribution in [1.29, 1.82) is 0 Å². The highest BCUT2D eigenvalue weighted by atomic mass is 16.7. The van der Waals surface area contributed by atoms with Crippen LogP contribution in [0.3, 0.4) is 0 Å². The molecule has 1 aliphatic carbocycles. The Morgan fingerprint density at radius 2 is 2.19 bits per heavy atom. The minimum atomic E-state index is -0.601. The van der Waals surface area contributed by atoms with Crippen molar-refractivity contribution in [2.75, 3.05) is 0 Å². The number of benzene rings is 1. The number of carbonyl (C=O) groups excluding carboxylic acids is 1. The number of carbonyl (C=O) groups is 1. The van der Waals surface area contributed by atoms with Gasteiger partial charge in [-0.25, -0.2) is 0 Å². The Bertz CT molecular complexity index is 462. The van der Waals surface area contributed by atoms with E-state index in [4.69, 9.17) is 9.47 Å². The maximum Gasteiger partial charge on any atom is 0.205 e. The van der Waals surface area contributed by atoms with Gasteiger partial charge in [0.05, 0.1) is 6.10 Å². The van der Waals surface area contributed by atoms with E-state index in [0.29, 0.717) is 6.42 Å². The summed E-state index contributed by atoms with van der Waals surface area (Å²) in [4.78, 5) is 11.8. The Morgan fingerprint density at radius 1 is 1.38 bits per heavy atom. The van der Waals surface area contributed by atoms with Crippen LogP contribution in [0.5, 0.6) is 5.75 Å². The molecule has 0 N–H and O–H groups in total. The zero-order chi connectivity index (χ0) is 11.3. The summed E-state index contributed by atoms with van der Waals surface area (Å²) in [7, 11) is 0. The number of rotatable bonds is 0. The minimum Gasteiger partial charge on any atom is -0.463 e. The van der Waals surface area contributed by atoms with E-state index in [-0.39, 0.29) is 11.9 Å². The van der Waals surface area contributed by atoms with E-state index < -0.39 is 5.79 Å². The molecule has 0 amide bonds. The van der Waals surface area contributed by atoms with Crippen LogP contribution in [-0.2, 0) is 4.74 Å². The molecule has 84 valence electrons. The highest BCUT2D eigenvalue weighted by Crippen LogP contribution is 2.45. The quantitative estimate of drug-likeness (QED) is 0.671. The largest absolute Gasteiger partial charge is 0.463 e. The van der Waals surface area contributed by atoms with E-state index in [0.717, 1.165) is 23.3 Å². The fraction of sp³-hybridized carbons (Fsp3) is 0.462. The van der Waals surface area contributed by atoms with Gasteiger partial charge < -0.3 is 9.47 Å². The van der Waals surface area contributed by atoms with Crippen LogP contribution in [0, 0.1) is 0 Å². The maximum atomic E-state index is 11.8. The van der Waals surface area contributed by atoms with Crippen LogP contribution in [-0.4, -0.2) is 11.6 Å². The SMILES string of the molecule is CC1(C)Oc2cccc3c2[C@H](CCC3=O)O1. The molecule has 0 radical (unpaired) electrons. The van der Waals surface area contributed by atoms with Gasteiger partial charge in [0.2, 0.25) is 5.79 Å². The molecule has 1 heterocycles. The number of ketones is 1. The van der Waals surface area contributed by atoms with Gasteiger partial charge in [-0.3, -0.25) is 4.79 Å². The number of ether oxygens (including phenoxy) is 2. The lowest BCUT2D eigenvalue weighted by molar-refractivity contribution is -0.209. The van der Waals surface area contributed by atoms with E-state index in [1.54, 1.807) is 0 Å².